The first-order valence-electron chi connectivity index (χ1n) is 6.79. The van der Waals surface area contributed by atoms with Crippen LogP contribution in [0.3, 0.4) is 0 Å². The lowest BCUT2D eigenvalue weighted by Gasteiger charge is -2.15. The molecule has 1 aliphatic rings. The maximum atomic E-state index is 12.9. The second-order valence-electron chi connectivity index (χ2n) is 5.11. The van der Waals surface area contributed by atoms with E-state index in [-0.39, 0.29) is 30.6 Å². The summed E-state index contributed by atoms with van der Waals surface area (Å²) >= 11 is 0. The average Bonchev–Trinajstić information content (AvgIpc) is 2.77. The van der Waals surface area contributed by atoms with Gasteiger partial charge in [-0.25, -0.2) is 4.39 Å². The number of nitrogens with zero attached hydrogens (tertiary/aromatic N) is 1. The van der Waals surface area contributed by atoms with E-state index in [1.807, 2.05) is 30.3 Å². The minimum Gasteiger partial charge on any atom is -0.278 e. The maximum absolute atomic E-state index is 12.9. The number of hydrogen-bond donors (Lipinski definition) is 0. The van der Waals surface area contributed by atoms with Crippen LogP contribution >= 0.6 is 0 Å². The molecule has 1 saturated heterocycles. The first kappa shape index (κ1) is 13.5. The van der Waals surface area contributed by atoms with E-state index in [9.17, 15) is 14.0 Å². The number of amides is 2. The summed E-state index contributed by atoms with van der Waals surface area (Å²) in [6.07, 6.45) is 0.150. The Morgan fingerprint density at radius 1 is 1.00 bits per heavy atom. The Kier molecular flexibility index (Phi) is 3.52. The predicted molar refractivity (Wildman–Crippen MR) is 75.8 cm³/mol. The molecule has 0 N–H and O–H groups in total. The topological polar surface area (TPSA) is 37.4 Å². The van der Waals surface area contributed by atoms with E-state index in [1.165, 1.54) is 17.0 Å². The summed E-state index contributed by atoms with van der Waals surface area (Å²) in [4.78, 5) is 25.8. The quantitative estimate of drug-likeness (QED) is 0.812. The van der Waals surface area contributed by atoms with Gasteiger partial charge in [0.15, 0.2) is 0 Å². The van der Waals surface area contributed by atoms with Gasteiger partial charge in [0.05, 0.1) is 12.5 Å². The summed E-state index contributed by atoms with van der Waals surface area (Å²) in [6.45, 7) is 0.288. The molecular weight excluding hydrogens is 269 g/mol. The van der Waals surface area contributed by atoms with Crippen LogP contribution in [0.4, 0.5) is 4.39 Å². The number of hydrogen-bond acceptors (Lipinski definition) is 2. The fourth-order valence-electron chi connectivity index (χ4n) is 2.57. The molecule has 0 aliphatic carbocycles. The highest BCUT2D eigenvalue weighted by Crippen LogP contribution is 2.30. The third-order valence-corrected chi connectivity index (χ3v) is 3.70. The third-order valence-electron chi connectivity index (χ3n) is 3.70. The Hall–Kier alpha value is -2.49. The second-order valence-corrected chi connectivity index (χ2v) is 5.11. The highest BCUT2D eigenvalue weighted by molar-refractivity contribution is 6.06. The lowest BCUT2D eigenvalue weighted by atomic mass is 9.98. The molecule has 1 aliphatic heterocycles. The zero-order valence-electron chi connectivity index (χ0n) is 11.3. The van der Waals surface area contributed by atoms with Crippen molar-refractivity contribution in [1.29, 1.82) is 0 Å². The highest BCUT2D eigenvalue weighted by atomic mass is 19.1. The molecule has 2 aromatic rings. The van der Waals surface area contributed by atoms with Crippen LogP contribution < -0.4 is 0 Å². The molecule has 1 atom stereocenters. The highest BCUT2D eigenvalue weighted by Gasteiger charge is 2.39. The molecule has 2 amide bonds. The third kappa shape index (κ3) is 2.70. The summed E-state index contributed by atoms with van der Waals surface area (Å²) < 4.78 is 12.9. The van der Waals surface area contributed by atoms with E-state index >= 15 is 0 Å². The molecule has 0 saturated carbocycles. The second kappa shape index (κ2) is 5.48. The van der Waals surface area contributed by atoms with Gasteiger partial charge in [-0.15, -0.1) is 0 Å². The van der Waals surface area contributed by atoms with E-state index in [2.05, 4.69) is 0 Å². The van der Waals surface area contributed by atoms with Crippen molar-refractivity contribution in [2.75, 3.05) is 0 Å². The summed E-state index contributed by atoms with van der Waals surface area (Å²) in [5.41, 5.74) is 1.60. The van der Waals surface area contributed by atoms with Crippen LogP contribution in [0.15, 0.2) is 54.6 Å². The fourth-order valence-corrected chi connectivity index (χ4v) is 2.57. The molecule has 3 rings (SSSR count). The van der Waals surface area contributed by atoms with Crippen LogP contribution in [-0.4, -0.2) is 16.7 Å². The Labute approximate surface area is 122 Å². The minimum atomic E-state index is -0.498. The van der Waals surface area contributed by atoms with Crippen molar-refractivity contribution in [2.45, 2.75) is 18.9 Å². The van der Waals surface area contributed by atoms with Crippen molar-refractivity contribution in [3.05, 3.63) is 71.5 Å². The van der Waals surface area contributed by atoms with Crippen LogP contribution in [0.25, 0.3) is 0 Å². The molecule has 1 unspecified atom stereocenters. The van der Waals surface area contributed by atoms with Crippen molar-refractivity contribution >= 4 is 11.8 Å². The molecule has 106 valence electrons. The largest absolute Gasteiger partial charge is 0.278 e. The first-order chi connectivity index (χ1) is 10.1. The van der Waals surface area contributed by atoms with Crippen molar-refractivity contribution in [3.8, 4) is 0 Å². The minimum absolute atomic E-state index is 0.150. The van der Waals surface area contributed by atoms with E-state index < -0.39 is 5.92 Å². The predicted octanol–water partition coefficient (Wildman–Crippen LogP) is 2.87. The number of halogens is 1. The maximum Gasteiger partial charge on any atom is 0.237 e. The van der Waals surface area contributed by atoms with Gasteiger partial charge in [-0.1, -0.05) is 42.5 Å². The molecule has 4 heteroatoms. The van der Waals surface area contributed by atoms with Gasteiger partial charge >= 0.3 is 0 Å². The van der Waals surface area contributed by atoms with Gasteiger partial charge in [0.2, 0.25) is 11.8 Å². The van der Waals surface area contributed by atoms with Gasteiger partial charge in [0.25, 0.3) is 0 Å². The molecule has 0 aromatic heterocycles. The number of imide groups is 1. The Morgan fingerprint density at radius 3 is 2.33 bits per heavy atom. The van der Waals surface area contributed by atoms with E-state index in [0.29, 0.717) is 5.56 Å². The van der Waals surface area contributed by atoms with Crippen LogP contribution in [0.5, 0.6) is 0 Å². The van der Waals surface area contributed by atoms with Crippen LogP contribution in [0.2, 0.25) is 0 Å². The van der Waals surface area contributed by atoms with E-state index in [4.69, 9.17) is 0 Å². The van der Waals surface area contributed by atoms with E-state index in [0.717, 1.165) is 5.56 Å². The van der Waals surface area contributed by atoms with Crippen LogP contribution in [0.1, 0.15) is 23.5 Å². The van der Waals surface area contributed by atoms with E-state index in [1.54, 1.807) is 12.1 Å². The Balaban J connectivity index is 1.80. The van der Waals surface area contributed by atoms with Crippen molar-refractivity contribution in [1.82, 2.24) is 4.90 Å². The SMILES string of the molecule is O=C1CC(c2ccc(F)cc2)C(=O)N1Cc1ccccc1. The van der Waals surface area contributed by atoms with Crippen molar-refractivity contribution in [3.63, 3.8) is 0 Å². The number of carbonyl (C=O) groups excluding carboxylic acids is 2. The average molecular weight is 283 g/mol. The zero-order chi connectivity index (χ0) is 14.8. The molecular formula is C17H14FNO2. The first-order valence-corrected chi connectivity index (χ1v) is 6.79. The van der Waals surface area contributed by atoms with Gasteiger partial charge in [0.1, 0.15) is 5.82 Å². The number of benzene rings is 2. The van der Waals surface area contributed by atoms with Gasteiger partial charge in [-0.3, -0.25) is 14.5 Å². The van der Waals surface area contributed by atoms with Crippen molar-refractivity contribution < 1.29 is 14.0 Å². The zero-order valence-corrected chi connectivity index (χ0v) is 11.3. The van der Waals surface area contributed by atoms with Gasteiger partial charge < -0.3 is 0 Å². The molecule has 1 fully saturated rings. The Bertz CT molecular complexity index is 667. The van der Waals surface area contributed by atoms with Crippen LogP contribution in [-0.2, 0) is 16.1 Å². The Morgan fingerprint density at radius 2 is 1.67 bits per heavy atom. The number of likely N-dealkylation sites (tertiary alicyclic amines) is 1. The standard InChI is InChI=1S/C17H14FNO2/c18-14-8-6-13(7-9-14)15-10-16(20)19(17(15)21)11-12-4-2-1-3-5-12/h1-9,15H,10-11H2. The smallest absolute Gasteiger partial charge is 0.237 e. The van der Waals surface area contributed by atoms with Crippen molar-refractivity contribution in [2.24, 2.45) is 0 Å². The molecule has 0 radical (unpaired) electrons. The lowest BCUT2D eigenvalue weighted by Crippen LogP contribution is -2.29. The normalized spacial score (nSPS) is 18.3. The van der Waals surface area contributed by atoms with Gasteiger partial charge in [-0.05, 0) is 23.3 Å². The molecule has 0 spiro atoms. The summed E-state index contributed by atoms with van der Waals surface area (Å²) in [7, 11) is 0. The molecule has 1 heterocycles. The van der Waals surface area contributed by atoms with Gasteiger partial charge in [0, 0.05) is 6.42 Å². The summed E-state index contributed by atoms with van der Waals surface area (Å²) in [5, 5.41) is 0. The lowest BCUT2D eigenvalue weighted by molar-refractivity contribution is -0.139. The van der Waals surface area contributed by atoms with Crippen LogP contribution in [0, 0.1) is 5.82 Å². The van der Waals surface area contributed by atoms with Gasteiger partial charge in [-0.2, -0.15) is 0 Å². The molecule has 21 heavy (non-hydrogen) atoms. The fraction of sp³-hybridized carbons (Fsp3) is 0.176. The molecule has 0 bridgehead atoms. The molecule has 2 aromatic carbocycles. The number of carbonyl (C=O) groups is 2. The summed E-state index contributed by atoms with van der Waals surface area (Å²) in [5.74, 6) is -1.24. The summed E-state index contributed by atoms with van der Waals surface area (Å²) in [6, 6.07) is 15.2. The monoisotopic (exact) mass is 283 g/mol. The molecule has 3 nitrogen and oxygen atoms in total. The number of rotatable bonds is 3.